The fourth-order valence-electron chi connectivity index (χ4n) is 2.57. The number of benzene rings is 2. The van der Waals surface area contributed by atoms with Crippen LogP contribution in [0.15, 0.2) is 36.4 Å². The minimum atomic E-state index is -0.0229. The van der Waals surface area contributed by atoms with Gasteiger partial charge >= 0.3 is 0 Å². The van der Waals surface area contributed by atoms with Gasteiger partial charge in [0.25, 0.3) is 0 Å². The lowest BCUT2D eigenvalue weighted by Crippen LogP contribution is -2.27. The van der Waals surface area contributed by atoms with E-state index in [0.29, 0.717) is 36.0 Å². The van der Waals surface area contributed by atoms with Crippen LogP contribution in [0.3, 0.4) is 0 Å². The van der Waals surface area contributed by atoms with Crippen LogP contribution in [0.25, 0.3) is 0 Å². The van der Waals surface area contributed by atoms with Crippen LogP contribution in [0.5, 0.6) is 17.2 Å². The van der Waals surface area contributed by atoms with Crippen molar-refractivity contribution in [2.24, 2.45) is 0 Å². The summed E-state index contributed by atoms with van der Waals surface area (Å²) < 4.78 is 15.7. The topological polar surface area (TPSA) is 68.8 Å². The highest BCUT2D eigenvalue weighted by molar-refractivity contribution is 6.32. The Bertz CT molecular complexity index is 768. The lowest BCUT2D eigenvalue weighted by molar-refractivity contribution is -0.120. The van der Waals surface area contributed by atoms with Gasteiger partial charge in [0.05, 0.1) is 32.0 Å². The van der Waals surface area contributed by atoms with E-state index in [-0.39, 0.29) is 5.91 Å². The second-order valence-corrected chi connectivity index (χ2v) is 6.22. The molecule has 1 amide bonds. The van der Waals surface area contributed by atoms with Crippen molar-refractivity contribution in [2.45, 2.75) is 12.8 Å². The van der Waals surface area contributed by atoms with Crippen molar-refractivity contribution in [1.82, 2.24) is 5.32 Å². The third-order valence-electron chi connectivity index (χ3n) is 4.01. The van der Waals surface area contributed by atoms with Crippen molar-refractivity contribution in [1.29, 1.82) is 0 Å². The van der Waals surface area contributed by atoms with Crippen molar-refractivity contribution in [3.05, 3.63) is 47.0 Å². The van der Waals surface area contributed by atoms with E-state index in [1.54, 1.807) is 33.5 Å². The molecule has 0 atom stereocenters. The number of carbonyl (C=O) groups is 1. The van der Waals surface area contributed by atoms with E-state index in [9.17, 15) is 4.79 Å². The van der Waals surface area contributed by atoms with E-state index in [2.05, 4.69) is 10.6 Å². The van der Waals surface area contributed by atoms with Crippen LogP contribution in [0, 0.1) is 0 Å². The molecule has 0 fully saturated rings. The summed E-state index contributed by atoms with van der Waals surface area (Å²) in [5, 5.41) is 6.57. The number of carbonyl (C=O) groups excluding carboxylic acids is 1. The van der Waals surface area contributed by atoms with Gasteiger partial charge in [-0.1, -0.05) is 23.7 Å². The molecule has 146 valence electrons. The molecule has 0 aliphatic rings. The number of nitrogens with one attached hydrogen (secondary N) is 2. The molecule has 0 saturated heterocycles. The molecule has 0 heterocycles. The van der Waals surface area contributed by atoms with Gasteiger partial charge in [-0.15, -0.1) is 0 Å². The molecule has 27 heavy (non-hydrogen) atoms. The number of ether oxygens (including phenoxy) is 3. The van der Waals surface area contributed by atoms with Gasteiger partial charge in [-0.3, -0.25) is 4.79 Å². The molecule has 0 unspecified atom stereocenters. The summed E-state index contributed by atoms with van der Waals surface area (Å²) >= 11 is 6.09. The highest BCUT2D eigenvalue weighted by Crippen LogP contribution is 2.35. The van der Waals surface area contributed by atoms with E-state index >= 15 is 0 Å². The average Bonchev–Trinajstić information content (AvgIpc) is 2.68. The summed E-state index contributed by atoms with van der Waals surface area (Å²) in [6.45, 7) is 1.04. The number of anilines is 1. The zero-order valence-corrected chi connectivity index (χ0v) is 16.6. The molecule has 0 bridgehead atoms. The Morgan fingerprint density at radius 2 is 1.78 bits per heavy atom. The maximum absolute atomic E-state index is 12.0. The molecule has 2 aromatic carbocycles. The van der Waals surface area contributed by atoms with Crippen LogP contribution in [-0.2, 0) is 11.2 Å². The highest BCUT2D eigenvalue weighted by atomic mass is 35.5. The third kappa shape index (κ3) is 6.25. The second kappa shape index (κ2) is 10.5. The molecule has 0 aliphatic heterocycles. The number of hydrogen-bond donors (Lipinski definition) is 2. The molecule has 2 aromatic rings. The average molecular weight is 393 g/mol. The van der Waals surface area contributed by atoms with Gasteiger partial charge in [0, 0.05) is 31.6 Å². The molecule has 0 aromatic heterocycles. The predicted octanol–water partition coefficient (Wildman–Crippen LogP) is 3.53. The number of methoxy groups -OCH3 is 3. The molecule has 0 spiro atoms. The molecule has 2 N–H and O–H groups in total. The fraction of sp³-hybridized carbons (Fsp3) is 0.350. The molecule has 0 aliphatic carbocycles. The van der Waals surface area contributed by atoms with Crippen LogP contribution < -0.4 is 24.8 Å². The maximum atomic E-state index is 12.0. The van der Waals surface area contributed by atoms with Crippen LogP contribution in [0.2, 0.25) is 5.02 Å². The molecule has 7 heteroatoms. The zero-order valence-electron chi connectivity index (χ0n) is 15.8. The number of hydrogen-bond acceptors (Lipinski definition) is 5. The maximum Gasteiger partial charge on any atom is 0.221 e. The first-order valence-corrected chi connectivity index (χ1v) is 9.00. The van der Waals surface area contributed by atoms with Crippen LogP contribution in [0.1, 0.15) is 12.0 Å². The van der Waals surface area contributed by atoms with Crippen LogP contribution >= 0.6 is 11.6 Å². The summed E-state index contributed by atoms with van der Waals surface area (Å²) in [6, 6.07) is 11.2. The van der Waals surface area contributed by atoms with Gasteiger partial charge in [-0.2, -0.15) is 0 Å². The monoisotopic (exact) mass is 392 g/mol. The van der Waals surface area contributed by atoms with Crippen molar-refractivity contribution in [3.63, 3.8) is 0 Å². The summed E-state index contributed by atoms with van der Waals surface area (Å²) in [6.07, 6.45) is 1.09. The minimum absolute atomic E-state index is 0.0229. The smallest absolute Gasteiger partial charge is 0.221 e. The van der Waals surface area contributed by atoms with E-state index in [1.165, 1.54) is 0 Å². The summed E-state index contributed by atoms with van der Waals surface area (Å²) in [7, 11) is 4.75. The summed E-state index contributed by atoms with van der Waals surface area (Å²) in [4.78, 5) is 12.0. The van der Waals surface area contributed by atoms with E-state index in [0.717, 1.165) is 23.4 Å². The Kier molecular flexibility index (Phi) is 8.07. The first-order chi connectivity index (χ1) is 13.1. The Balaban J connectivity index is 1.77. The third-order valence-corrected chi connectivity index (χ3v) is 4.31. The SMILES string of the molecule is COc1cccc(CCNC(=O)CCNc2cc(OC)c(Cl)cc2OC)c1. The first kappa shape index (κ1) is 20.7. The number of halogens is 1. The van der Waals surface area contributed by atoms with Gasteiger partial charge < -0.3 is 24.8 Å². The van der Waals surface area contributed by atoms with Gasteiger partial charge in [0.15, 0.2) is 0 Å². The van der Waals surface area contributed by atoms with E-state index in [1.807, 2.05) is 24.3 Å². The van der Waals surface area contributed by atoms with E-state index < -0.39 is 0 Å². The Labute approximate surface area is 164 Å². The Morgan fingerprint density at radius 1 is 1.00 bits per heavy atom. The van der Waals surface area contributed by atoms with Crippen molar-refractivity contribution >= 4 is 23.2 Å². The van der Waals surface area contributed by atoms with Gasteiger partial charge in [0.2, 0.25) is 5.91 Å². The highest BCUT2D eigenvalue weighted by Gasteiger charge is 2.10. The predicted molar refractivity (Wildman–Crippen MR) is 107 cm³/mol. The molecule has 0 saturated carbocycles. The van der Waals surface area contributed by atoms with Crippen molar-refractivity contribution in [2.75, 3.05) is 39.7 Å². The standard InChI is InChI=1S/C20H25ClN2O4/c1-25-15-6-4-5-14(11-15)7-9-23-20(24)8-10-22-17-13-18(26-2)16(21)12-19(17)27-3/h4-6,11-13,22H,7-10H2,1-3H3,(H,23,24). The molecular weight excluding hydrogens is 368 g/mol. The van der Waals surface area contributed by atoms with E-state index in [4.69, 9.17) is 25.8 Å². The quantitative estimate of drug-likeness (QED) is 0.647. The van der Waals surface area contributed by atoms with Gasteiger partial charge in [-0.25, -0.2) is 0 Å². The number of amides is 1. The second-order valence-electron chi connectivity index (χ2n) is 5.82. The molecule has 2 rings (SSSR count). The largest absolute Gasteiger partial charge is 0.497 e. The summed E-state index contributed by atoms with van der Waals surface area (Å²) in [5.74, 6) is 1.93. The van der Waals surface area contributed by atoms with Crippen LogP contribution in [0.4, 0.5) is 5.69 Å². The van der Waals surface area contributed by atoms with Gasteiger partial charge in [-0.05, 0) is 24.1 Å². The van der Waals surface area contributed by atoms with Crippen LogP contribution in [-0.4, -0.2) is 40.3 Å². The van der Waals surface area contributed by atoms with Crippen molar-refractivity contribution < 1.29 is 19.0 Å². The zero-order chi connectivity index (χ0) is 19.6. The summed E-state index contributed by atoms with van der Waals surface area (Å²) in [5.41, 5.74) is 1.84. The van der Waals surface area contributed by atoms with Gasteiger partial charge in [0.1, 0.15) is 17.2 Å². The molecular formula is C20H25ClN2O4. The first-order valence-electron chi connectivity index (χ1n) is 8.62. The minimum Gasteiger partial charge on any atom is -0.497 e. The normalized spacial score (nSPS) is 10.2. The van der Waals surface area contributed by atoms with Crippen molar-refractivity contribution in [3.8, 4) is 17.2 Å². The lowest BCUT2D eigenvalue weighted by Gasteiger charge is -2.14. The Morgan fingerprint density at radius 3 is 2.48 bits per heavy atom. The molecule has 6 nitrogen and oxygen atoms in total. The number of rotatable bonds is 10. The molecule has 0 radical (unpaired) electrons. The fourth-order valence-corrected chi connectivity index (χ4v) is 2.80. The Hall–Kier alpha value is -2.60. The lowest BCUT2D eigenvalue weighted by atomic mass is 10.1.